The van der Waals surface area contributed by atoms with Crippen LogP contribution >= 0.6 is 11.3 Å². The molecule has 4 nitrogen and oxygen atoms in total. The van der Waals surface area contributed by atoms with Crippen LogP contribution < -0.4 is 4.74 Å². The van der Waals surface area contributed by atoms with Gasteiger partial charge in [-0.3, -0.25) is 4.79 Å². The average Bonchev–Trinajstić information content (AvgIpc) is 2.85. The van der Waals surface area contributed by atoms with Crippen LogP contribution in [0.4, 0.5) is 4.39 Å². The lowest BCUT2D eigenvalue weighted by molar-refractivity contribution is 0.0177. The first-order valence-electron chi connectivity index (χ1n) is 5.83. The van der Waals surface area contributed by atoms with Gasteiger partial charge in [-0.25, -0.2) is 9.37 Å². The highest BCUT2D eigenvalue weighted by atomic mass is 32.1. The molecule has 1 aromatic heterocycles. The highest BCUT2D eigenvalue weighted by molar-refractivity contribution is 7.11. The van der Waals surface area contributed by atoms with Crippen LogP contribution in [0.15, 0.2) is 35.8 Å². The Kier molecular flexibility index (Phi) is 3.16. The van der Waals surface area contributed by atoms with Crippen LogP contribution in [0, 0.1) is 5.82 Å². The second-order valence-electron chi connectivity index (χ2n) is 4.26. The fourth-order valence-corrected chi connectivity index (χ4v) is 2.45. The number of amides is 1. The molecule has 6 heteroatoms. The van der Waals surface area contributed by atoms with Gasteiger partial charge in [0.1, 0.15) is 11.9 Å². The van der Waals surface area contributed by atoms with Gasteiger partial charge < -0.3 is 9.64 Å². The molecule has 19 heavy (non-hydrogen) atoms. The summed E-state index contributed by atoms with van der Waals surface area (Å²) in [7, 11) is 0. The molecular formula is C13H11FN2O2S. The zero-order chi connectivity index (χ0) is 13.2. The topological polar surface area (TPSA) is 42.4 Å². The second kappa shape index (κ2) is 4.97. The maximum atomic E-state index is 13.0. The summed E-state index contributed by atoms with van der Waals surface area (Å²) < 4.78 is 18.6. The number of hydrogen-bond acceptors (Lipinski definition) is 4. The predicted molar refractivity (Wildman–Crippen MR) is 68.8 cm³/mol. The standard InChI is InChI=1S/C13H11FN2O2S/c14-10-3-1-2-9(6-10)12(17)16-7-11(8-16)18-13-15-4-5-19-13/h1-6,11H,7-8H2. The van der Waals surface area contributed by atoms with E-state index in [1.807, 2.05) is 5.38 Å². The first-order chi connectivity index (χ1) is 9.22. The van der Waals surface area contributed by atoms with Crippen molar-refractivity contribution in [3.05, 3.63) is 47.2 Å². The van der Waals surface area contributed by atoms with Crippen molar-refractivity contribution in [2.24, 2.45) is 0 Å². The van der Waals surface area contributed by atoms with E-state index in [9.17, 15) is 9.18 Å². The third kappa shape index (κ3) is 2.58. The Balaban J connectivity index is 1.57. The van der Waals surface area contributed by atoms with Gasteiger partial charge in [-0.15, -0.1) is 0 Å². The number of carbonyl (C=O) groups excluding carboxylic acids is 1. The van der Waals surface area contributed by atoms with Crippen LogP contribution in [0.25, 0.3) is 0 Å². The maximum Gasteiger partial charge on any atom is 0.273 e. The van der Waals surface area contributed by atoms with Gasteiger partial charge >= 0.3 is 0 Å². The minimum Gasteiger partial charge on any atom is -0.463 e. The Morgan fingerprint density at radius 2 is 2.32 bits per heavy atom. The minimum absolute atomic E-state index is 0.0244. The number of thiazole rings is 1. The number of benzene rings is 1. The number of likely N-dealkylation sites (tertiary alicyclic amines) is 1. The van der Waals surface area contributed by atoms with Crippen LogP contribution in [0.5, 0.6) is 5.19 Å². The van der Waals surface area contributed by atoms with Crippen LogP contribution in [0.1, 0.15) is 10.4 Å². The molecule has 1 aliphatic heterocycles. The van der Waals surface area contributed by atoms with Crippen LogP contribution in [-0.2, 0) is 0 Å². The largest absolute Gasteiger partial charge is 0.463 e. The fourth-order valence-electron chi connectivity index (χ4n) is 1.89. The highest BCUT2D eigenvalue weighted by Gasteiger charge is 2.33. The van der Waals surface area contributed by atoms with E-state index in [1.165, 1.54) is 29.5 Å². The van der Waals surface area contributed by atoms with E-state index < -0.39 is 5.82 Å². The van der Waals surface area contributed by atoms with E-state index in [0.29, 0.717) is 23.8 Å². The second-order valence-corrected chi connectivity index (χ2v) is 5.12. The van der Waals surface area contributed by atoms with Crippen LogP contribution in [0.2, 0.25) is 0 Å². The van der Waals surface area contributed by atoms with E-state index in [4.69, 9.17) is 4.74 Å². The quantitative estimate of drug-likeness (QED) is 0.864. The summed E-state index contributed by atoms with van der Waals surface area (Å²) in [5.74, 6) is -0.569. The van der Waals surface area contributed by atoms with Crippen molar-refractivity contribution >= 4 is 17.2 Å². The van der Waals surface area contributed by atoms with Gasteiger partial charge in [0.25, 0.3) is 11.1 Å². The average molecular weight is 278 g/mol. The SMILES string of the molecule is O=C(c1cccc(F)c1)N1CC(Oc2nccs2)C1. The van der Waals surface area contributed by atoms with E-state index in [-0.39, 0.29) is 12.0 Å². The summed E-state index contributed by atoms with van der Waals surface area (Å²) >= 11 is 1.42. The minimum atomic E-state index is -0.401. The molecule has 0 N–H and O–H groups in total. The van der Waals surface area contributed by atoms with E-state index >= 15 is 0 Å². The number of carbonyl (C=O) groups is 1. The maximum absolute atomic E-state index is 13.0. The molecular weight excluding hydrogens is 267 g/mol. The summed E-state index contributed by atoms with van der Waals surface area (Å²) in [6.45, 7) is 1.02. The van der Waals surface area contributed by atoms with Crippen molar-refractivity contribution in [1.82, 2.24) is 9.88 Å². The normalized spacial score (nSPS) is 15.1. The Morgan fingerprint density at radius 1 is 1.47 bits per heavy atom. The lowest BCUT2D eigenvalue weighted by Gasteiger charge is -2.38. The number of halogens is 1. The molecule has 1 aliphatic rings. The molecule has 0 radical (unpaired) electrons. The molecule has 0 spiro atoms. The Bertz CT molecular complexity index is 582. The number of ether oxygens (including phenoxy) is 1. The van der Waals surface area contributed by atoms with E-state index in [2.05, 4.69) is 4.98 Å². The molecule has 2 aromatic rings. The lowest BCUT2D eigenvalue weighted by atomic mass is 10.1. The molecule has 0 atom stereocenters. The van der Waals surface area contributed by atoms with Gasteiger partial charge in [0, 0.05) is 17.1 Å². The summed E-state index contributed by atoms with van der Waals surface area (Å²) in [5.41, 5.74) is 0.368. The van der Waals surface area contributed by atoms with Crippen molar-refractivity contribution in [3.8, 4) is 5.19 Å². The van der Waals surface area contributed by atoms with Crippen molar-refractivity contribution in [2.75, 3.05) is 13.1 Å². The summed E-state index contributed by atoms with van der Waals surface area (Å²) in [6.07, 6.45) is 1.65. The zero-order valence-electron chi connectivity index (χ0n) is 9.95. The summed E-state index contributed by atoms with van der Waals surface area (Å²) in [6, 6.07) is 5.71. The summed E-state index contributed by atoms with van der Waals surface area (Å²) in [5, 5.41) is 2.45. The first kappa shape index (κ1) is 12.1. The van der Waals surface area contributed by atoms with Crippen molar-refractivity contribution in [1.29, 1.82) is 0 Å². The number of nitrogens with zero attached hydrogens (tertiary/aromatic N) is 2. The third-order valence-corrected chi connectivity index (χ3v) is 3.55. The molecule has 1 amide bonds. The smallest absolute Gasteiger partial charge is 0.273 e. The lowest BCUT2D eigenvalue weighted by Crippen LogP contribution is -2.56. The van der Waals surface area contributed by atoms with Gasteiger partial charge in [-0.1, -0.05) is 17.4 Å². The van der Waals surface area contributed by atoms with Crippen molar-refractivity contribution < 1.29 is 13.9 Å². The molecule has 0 bridgehead atoms. The number of hydrogen-bond donors (Lipinski definition) is 0. The molecule has 0 aliphatic carbocycles. The highest BCUT2D eigenvalue weighted by Crippen LogP contribution is 2.21. The van der Waals surface area contributed by atoms with Crippen LogP contribution in [-0.4, -0.2) is 35.0 Å². The Labute approximate surface area is 113 Å². The van der Waals surface area contributed by atoms with Crippen molar-refractivity contribution in [2.45, 2.75) is 6.10 Å². The van der Waals surface area contributed by atoms with Crippen LogP contribution in [0.3, 0.4) is 0 Å². The predicted octanol–water partition coefficient (Wildman–Crippen LogP) is 2.19. The number of rotatable bonds is 3. The Morgan fingerprint density at radius 3 is 3.00 bits per heavy atom. The first-order valence-corrected chi connectivity index (χ1v) is 6.71. The molecule has 0 saturated carbocycles. The molecule has 98 valence electrons. The van der Waals surface area contributed by atoms with Gasteiger partial charge in [0.15, 0.2) is 0 Å². The van der Waals surface area contributed by atoms with E-state index in [1.54, 1.807) is 17.2 Å². The molecule has 1 aromatic carbocycles. The van der Waals surface area contributed by atoms with Gasteiger partial charge in [-0.05, 0) is 18.2 Å². The van der Waals surface area contributed by atoms with Gasteiger partial charge in [0.05, 0.1) is 13.1 Å². The molecule has 0 unspecified atom stereocenters. The molecule has 3 rings (SSSR count). The monoisotopic (exact) mass is 278 g/mol. The molecule has 1 saturated heterocycles. The van der Waals surface area contributed by atoms with Gasteiger partial charge in [0.2, 0.25) is 0 Å². The molecule has 1 fully saturated rings. The van der Waals surface area contributed by atoms with Gasteiger partial charge in [-0.2, -0.15) is 0 Å². The zero-order valence-corrected chi connectivity index (χ0v) is 10.8. The third-order valence-electron chi connectivity index (χ3n) is 2.88. The molecule has 2 heterocycles. The fraction of sp³-hybridized carbons (Fsp3) is 0.231. The van der Waals surface area contributed by atoms with E-state index in [0.717, 1.165) is 0 Å². The number of aromatic nitrogens is 1. The van der Waals surface area contributed by atoms with Crippen molar-refractivity contribution in [3.63, 3.8) is 0 Å². The summed E-state index contributed by atoms with van der Waals surface area (Å²) in [4.78, 5) is 17.7. The Hall–Kier alpha value is -1.95.